The van der Waals surface area contributed by atoms with E-state index in [2.05, 4.69) is 63.1 Å². The van der Waals surface area contributed by atoms with Crippen LogP contribution in [0.4, 0.5) is 11.8 Å². The maximum absolute atomic E-state index is 9.44. The van der Waals surface area contributed by atoms with E-state index in [1.165, 1.54) is 16.7 Å². The first-order valence-electron chi connectivity index (χ1n) is 11.5. The first-order valence-corrected chi connectivity index (χ1v) is 11.5. The fourth-order valence-corrected chi connectivity index (χ4v) is 4.39. The summed E-state index contributed by atoms with van der Waals surface area (Å²) < 4.78 is 1.93. The highest BCUT2D eigenvalue weighted by atomic mass is 16.3. The van der Waals surface area contributed by atoms with Crippen LogP contribution in [-0.4, -0.2) is 57.1 Å². The maximum atomic E-state index is 9.44. The Balaban J connectivity index is 1.62. The van der Waals surface area contributed by atoms with Crippen molar-refractivity contribution < 1.29 is 5.11 Å². The van der Waals surface area contributed by atoms with Crippen LogP contribution < -0.4 is 21.7 Å². The van der Waals surface area contributed by atoms with Crippen LogP contribution >= 0.6 is 0 Å². The number of nitrogens with one attached hydrogen (secondary N) is 3. The Morgan fingerprint density at radius 2 is 2.16 bits per heavy atom. The molecule has 2 aromatic heterocycles. The molecule has 9 heteroatoms. The van der Waals surface area contributed by atoms with Gasteiger partial charge in [0.05, 0.1) is 12.7 Å². The molecule has 9 nitrogen and oxygen atoms in total. The number of nitrogens with two attached hydrogens (primary N) is 1. The number of aliphatic hydroxyl groups is 1. The summed E-state index contributed by atoms with van der Waals surface area (Å²) in [5, 5.41) is 24.5. The summed E-state index contributed by atoms with van der Waals surface area (Å²) in [6.07, 6.45) is 4.33. The lowest BCUT2D eigenvalue weighted by atomic mass is 9.99. The minimum Gasteiger partial charge on any atom is -0.396 e. The van der Waals surface area contributed by atoms with Crippen LogP contribution in [0.25, 0.3) is 11.0 Å². The number of anilines is 2. The number of aryl methyl sites for hydroxylation is 1. The van der Waals surface area contributed by atoms with Crippen molar-refractivity contribution in [1.29, 1.82) is 0 Å². The van der Waals surface area contributed by atoms with E-state index in [0.29, 0.717) is 30.3 Å². The summed E-state index contributed by atoms with van der Waals surface area (Å²) in [7, 11) is 0. The van der Waals surface area contributed by atoms with Crippen molar-refractivity contribution in [3.63, 3.8) is 0 Å². The van der Waals surface area contributed by atoms with Crippen molar-refractivity contribution in [2.75, 3.05) is 37.3 Å². The van der Waals surface area contributed by atoms with Crippen LogP contribution in [0.2, 0.25) is 0 Å². The molecule has 2 atom stereocenters. The predicted octanol–water partition coefficient (Wildman–Crippen LogP) is 1.96. The van der Waals surface area contributed by atoms with Crippen molar-refractivity contribution in [2.24, 2.45) is 0 Å². The topological polar surface area (TPSA) is 126 Å². The molecule has 1 aromatic carbocycles. The minimum atomic E-state index is 0.114. The van der Waals surface area contributed by atoms with Crippen LogP contribution in [0.3, 0.4) is 0 Å². The Morgan fingerprint density at radius 1 is 1.28 bits per heavy atom. The standard InChI is InChI=1S/C23H34N8O/c1-3-4-18(7-10-32)28-22-21-20(29-23(24)30-22)13-27-31(21)14-17-6-5-16(11-15(17)2)19-12-25-8-9-26-19/h5-6,11,13,18-19,25-26,32H,3-4,7-10,12,14H2,1-2H3,(H3,24,28,29,30). The molecule has 1 fully saturated rings. The summed E-state index contributed by atoms with van der Waals surface area (Å²) in [6, 6.07) is 7.10. The van der Waals surface area contributed by atoms with Crippen LogP contribution in [0.15, 0.2) is 24.4 Å². The third kappa shape index (κ3) is 5.01. The third-order valence-electron chi connectivity index (χ3n) is 6.09. The zero-order valence-corrected chi connectivity index (χ0v) is 18.9. The molecule has 6 N–H and O–H groups in total. The number of hydrogen-bond acceptors (Lipinski definition) is 8. The van der Waals surface area contributed by atoms with Crippen molar-refractivity contribution in [1.82, 2.24) is 30.4 Å². The smallest absolute Gasteiger partial charge is 0.222 e. The summed E-state index contributed by atoms with van der Waals surface area (Å²) in [5.74, 6) is 0.886. The molecule has 3 aromatic rings. The van der Waals surface area contributed by atoms with E-state index in [1.807, 2.05) is 4.68 Å². The molecule has 0 radical (unpaired) electrons. The Labute approximate surface area is 188 Å². The van der Waals surface area contributed by atoms with Crippen molar-refractivity contribution >= 4 is 22.8 Å². The van der Waals surface area contributed by atoms with Gasteiger partial charge in [0.15, 0.2) is 5.82 Å². The largest absolute Gasteiger partial charge is 0.396 e. The number of aliphatic hydroxyl groups excluding tert-OH is 1. The normalized spacial score (nSPS) is 17.5. The average Bonchev–Trinajstić information content (AvgIpc) is 3.18. The lowest BCUT2D eigenvalue weighted by Gasteiger charge is -2.25. The molecule has 1 aliphatic rings. The minimum absolute atomic E-state index is 0.114. The number of piperazine rings is 1. The van der Waals surface area contributed by atoms with E-state index in [-0.39, 0.29) is 18.6 Å². The van der Waals surface area contributed by atoms with E-state index < -0.39 is 0 Å². The van der Waals surface area contributed by atoms with Gasteiger partial charge in [0.1, 0.15) is 11.0 Å². The molecule has 0 spiro atoms. The first-order chi connectivity index (χ1) is 15.6. The van der Waals surface area contributed by atoms with Gasteiger partial charge in [-0.1, -0.05) is 31.5 Å². The number of aromatic nitrogens is 4. The number of nitrogen functional groups attached to an aromatic ring is 1. The lowest BCUT2D eigenvalue weighted by Crippen LogP contribution is -2.42. The molecular formula is C23H34N8O. The average molecular weight is 439 g/mol. The third-order valence-corrected chi connectivity index (χ3v) is 6.09. The van der Waals surface area contributed by atoms with Gasteiger partial charge >= 0.3 is 0 Å². The van der Waals surface area contributed by atoms with Crippen LogP contribution in [0.5, 0.6) is 0 Å². The van der Waals surface area contributed by atoms with Gasteiger partial charge in [0.25, 0.3) is 0 Å². The van der Waals surface area contributed by atoms with Gasteiger partial charge in [-0.2, -0.15) is 10.1 Å². The van der Waals surface area contributed by atoms with Crippen LogP contribution in [-0.2, 0) is 6.54 Å². The van der Waals surface area contributed by atoms with Gasteiger partial charge in [-0.3, -0.25) is 4.68 Å². The Morgan fingerprint density at radius 3 is 2.88 bits per heavy atom. The molecule has 0 saturated carbocycles. The fraction of sp³-hybridized carbons (Fsp3) is 0.522. The Hall–Kier alpha value is -2.75. The highest BCUT2D eigenvalue weighted by molar-refractivity contribution is 5.86. The molecule has 3 heterocycles. The summed E-state index contributed by atoms with van der Waals surface area (Å²) in [5.41, 5.74) is 11.2. The van der Waals surface area contributed by atoms with Crippen molar-refractivity contribution in [3.05, 3.63) is 41.1 Å². The molecule has 32 heavy (non-hydrogen) atoms. The first kappa shape index (κ1) is 22.4. The second-order valence-electron chi connectivity index (χ2n) is 8.51. The SMILES string of the molecule is CCCC(CCO)Nc1nc(N)nc2cnn(Cc3ccc(C4CNCCN4)cc3C)c12. The zero-order valence-electron chi connectivity index (χ0n) is 18.9. The van der Waals surface area contributed by atoms with Gasteiger partial charge in [0.2, 0.25) is 5.95 Å². The van der Waals surface area contributed by atoms with Crippen molar-refractivity contribution in [2.45, 2.75) is 51.7 Å². The lowest BCUT2D eigenvalue weighted by molar-refractivity contribution is 0.276. The van der Waals surface area contributed by atoms with E-state index in [9.17, 15) is 5.11 Å². The highest BCUT2D eigenvalue weighted by Gasteiger charge is 2.18. The highest BCUT2D eigenvalue weighted by Crippen LogP contribution is 2.25. The molecule has 1 aliphatic heterocycles. The number of fused-ring (bicyclic) bond motifs is 1. The van der Waals surface area contributed by atoms with Crippen molar-refractivity contribution in [3.8, 4) is 0 Å². The van der Waals surface area contributed by atoms with E-state index >= 15 is 0 Å². The molecule has 2 unspecified atom stereocenters. The summed E-state index contributed by atoms with van der Waals surface area (Å²) in [4.78, 5) is 8.85. The maximum Gasteiger partial charge on any atom is 0.222 e. The molecule has 1 saturated heterocycles. The number of hydrogen-bond donors (Lipinski definition) is 5. The van der Waals surface area contributed by atoms with Gasteiger partial charge in [0, 0.05) is 38.3 Å². The quantitative estimate of drug-likeness (QED) is 0.343. The molecular weight excluding hydrogens is 404 g/mol. The molecule has 172 valence electrons. The Kier molecular flexibility index (Phi) is 7.19. The second kappa shape index (κ2) is 10.2. The predicted molar refractivity (Wildman–Crippen MR) is 128 cm³/mol. The summed E-state index contributed by atoms with van der Waals surface area (Å²) in [6.45, 7) is 7.96. The summed E-state index contributed by atoms with van der Waals surface area (Å²) >= 11 is 0. The van der Waals surface area contributed by atoms with Crippen LogP contribution in [0.1, 0.15) is 48.9 Å². The Bertz CT molecular complexity index is 1040. The van der Waals surface area contributed by atoms with Crippen LogP contribution in [0, 0.1) is 6.92 Å². The molecule has 4 rings (SSSR count). The van der Waals surface area contributed by atoms with Gasteiger partial charge in [-0.05, 0) is 36.5 Å². The zero-order chi connectivity index (χ0) is 22.5. The number of nitrogens with zero attached hydrogens (tertiary/aromatic N) is 4. The number of rotatable bonds is 9. The van der Waals surface area contributed by atoms with E-state index in [0.717, 1.165) is 38.0 Å². The number of benzene rings is 1. The van der Waals surface area contributed by atoms with E-state index in [4.69, 9.17) is 5.73 Å². The molecule has 0 aliphatic carbocycles. The molecule has 0 amide bonds. The second-order valence-corrected chi connectivity index (χ2v) is 8.51. The molecule has 0 bridgehead atoms. The van der Waals surface area contributed by atoms with Gasteiger partial charge < -0.3 is 26.8 Å². The fourth-order valence-electron chi connectivity index (χ4n) is 4.39. The van der Waals surface area contributed by atoms with E-state index in [1.54, 1.807) is 6.20 Å². The monoisotopic (exact) mass is 438 g/mol. The van der Waals surface area contributed by atoms with Gasteiger partial charge in [-0.25, -0.2) is 4.98 Å². The van der Waals surface area contributed by atoms with Gasteiger partial charge in [-0.15, -0.1) is 0 Å².